The van der Waals surface area contributed by atoms with E-state index in [4.69, 9.17) is 28.3 Å². The first-order valence-electron chi connectivity index (χ1n) is 5.96. The lowest BCUT2D eigenvalue weighted by atomic mass is 10.1. The molecular formula is C13H12Cl2FNO3. The van der Waals surface area contributed by atoms with Crippen molar-refractivity contribution in [3.63, 3.8) is 0 Å². The zero-order valence-corrected chi connectivity index (χ0v) is 11.9. The molecule has 20 heavy (non-hydrogen) atoms. The number of carbonyl (C=O) groups is 2. The van der Waals surface area contributed by atoms with Crippen LogP contribution in [-0.2, 0) is 16.0 Å². The number of likely N-dealkylation sites (tertiary alicyclic amines) is 1. The van der Waals surface area contributed by atoms with Gasteiger partial charge in [-0.15, -0.1) is 0 Å². The molecule has 1 atom stereocenters. The van der Waals surface area contributed by atoms with Crippen LogP contribution < -0.4 is 0 Å². The number of carboxylic acid groups (broad SMARTS) is 1. The van der Waals surface area contributed by atoms with Gasteiger partial charge >= 0.3 is 5.97 Å². The Kier molecular flexibility index (Phi) is 4.20. The Morgan fingerprint density at radius 2 is 2.10 bits per heavy atom. The molecule has 4 nitrogen and oxygen atoms in total. The van der Waals surface area contributed by atoms with Gasteiger partial charge in [-0.05, 0) is 17.7 Å². The van der Waals surface area contributed by atoms with Crippen molar-refractivity contribution in [1.82, 2.24) is 4.90 Å². The minimum absolute atomic E-state index is 0.00823. The monoisotopic (exact) mass is 319 g/mol. The molecule has 0 spiro atoms. The molecule has 1 amide bonds. The summed E-state index contributed by atoms with van der Waals surface area (Å²) < 4.78 is 13.9. The summed E-state index contributed by atoms with van der Waals surface area (Å²) in [5.74, 6) is -1.88. The van der Waals surface area contributed by atoms with Crippen molar-refractivity contribution in [3.8, 4) is 0 Å². The maximum Gasteiger partial charge on any atom is 0.343 e. The topological polar surface area (TPSA) is 57.6 Å². The largest absolute Gasteiger partial charge is 0.479 e. The molecule has 0 aliphatic carbocycles. The van der Waals surface area contributed by atoms with E-state index in [1.807, 2.05) is 0 Å². The summed E-state index contributed by atoms with van der Waals surface area (Å²) in [6.45, 7) is -0.334. The maximum atomic E-state index is 13.9. The van der Waals surface area contributed by atoms with Crippen molar-refractivity contribution in [1.29, 1.82) is 0 Å². The van der Waals surface area contributed by atoms with Crippen molar-refractivity contribution in [2.24, 2.45) is 0 Å². The van der Waals surface area contributed by atoms with Crippen LogP contribution in [0.4, 0.5) is 4.39 Å². The summed E-state index contributed by atoms with van der Waals surface area (Å²) >= 11 is 11.7. The number of hydrogen-bond acceptors (Lipinski definition) is 2. The van der Waals surface area contributed by atoms with E-state index in [1.165, 1.54) is 11.0 Å². The van der Waals surface area contributed by atoms with E-state index < -0.39 is 18.2 Å². The van der Waals surface area contributed by atoms with Gasteiger partial charge in [-0.3, -0.25) is 4.79 Å². The summed E-state index contributed by atoms with van der Waals surface area (Å²) in [7, 11) is 0. The highest BCUT2D eigenvalue weighted by Gasteiger charge is 2.46. The van der Waals surface area contributed by atoms with Crippen molar-refractivity contribution in [2.75, 3.05) is 13.1 Å². The Labute approximate surface area is 125 Å². The molecule has 2 rings (SSSR count). The van der Waals surface area contributed by atoms with Gasteiger partial charge in [0.05, 0.1) is 13.0 Å². The van der Waals surface area contributed by atoms with Crippen LogP contribution in [0.1, 0.15) is 12.0 Å². The second-order valence-electron chi connectivity index (χ2n) is 4.75. The predicted octanol–water partition coefficient (Wildman–Crippen LogP) is 2.56. The first-order valence-corrected chi connectivity index (χ1v) is 6.71. The third kappa shape index (κ3) is 3.04. The lowest BCUT2D eigenvalue weighted by Crippen LogP contribution is -2.39. The molecule has 0 aromatic heterocycles. The number of rotatable bonds is 3. The van der Waals surface area contributed by atoms with E-state index in [0.717, 1.165) is 0 Å². The van der Waals surface area contributed by atoms with Crippen molar-refractivity contribution in [3.05, 3.63) is 33.8 Å². The molecule has 1 aromatic rings. The highest BCUT2D eigenvalue weighted by Crippen LogP contribution is 2.27. The van der Waals surface area contributed by atoms with Gasteiger partial charge < -0.3 is 10.0 Å². The van der Waals surface area contributed by atoms with Gasteiger partial charge in [-0.25, -0.2) is 9.18 Å². The molecule has 1 unspecified atom stereocenters. The molecule has 0 saturated carbocycles. The minimum Gasteiger partial charge on any atom is -0.479 e. The SMILES string of the molecule is O=C(Cc1ccc(Cl)cc1Cl)N1CCC(F)(C(=O)O)C1. The maximum absolute atomic E-state index is 13.9. The number of carboxylic acids is 1. The number of hydrogen-bond donors (Lipinski definition) is 1. The van der Waals surface area contributed by atoms with Gasteiger partial charge in [-0.1, -0.05) is 29.3 Å². The molecule has 108 valence electrons. The smallest absolute Gasteiger partial charge is 0.343 e. The number of alkyl halides is 1. The molecular weight excluding hydrogens is 308 g/mol. The van der Waals surface area contributed by atoms with Crippen molar-refractivity contribution < 1.29 is 19.1 Å². The van der Waals surface area contributed by atoms with Gasteiger partial charge in [0.25, 0.3) is 0 Å². The van der Waals surface area contributed by atoms with Crippen LogP contribution in [0.5, 0.6) is 0 Å². The van der Waals surface area contributed by atoms with E-state index in [1.54, 1.807) is 12.1 Å². The number of benzene rings is 1. The fraction of sp³-hybridized carbons (Fsp3) is 0.385. The number of amides is 1. The Balaban J connectivity index is 2.05. The number of carbonyl (C=O) groups excluding carboxylic acids is 1. The molecule has 0 radical (unpaired) electrons. The summed E-state index contributed by atoms with van der Waals surface area (Å²) in [5, 5.41) is 9.60. The first-order chi connectivity index (χ1) is 9.32. The Hall–Kier alpha value is -1.33. The highest BCUT2D eigenvalue weighted by atomic mass is 35.5. The first kappa shape index (κ1) is 15.1. The standard InChI is InChI=1S/C13H12Cl2FNO3/c14-9-2-1-8(10(15)6-9)5-11(18)17-4-3-13(16,7-17)12(19)20/h1-2,6H,3-5,7H2,(H,19,20). The number of nitrogens with zero attached hydrogens (tertiary/aromatic N) is 1. The molecule has 1 aliphatic heterocycles. The second kappa shape index (κ2) is 5.58. The Morgan fingerprint density at radius 3 is 2.65 bits per heavy atom. The van der Waals surface area contributed by atoms with E-state index >= 15 is 0 Å². The third-order valence-electron chi connectivity index (χ3n) is 3.31. The summed E-state index contributed by atoms with van der Waals surface area (Å²) in [6.07, 6.45) is -0.200. The normalized spacial score (nSPS) is 22.1. The van der Waals surface area contributed by atoms with Crippen LogP contribution >= 0.6 is 23.2 Å². The van der Waals surface area contributed by atoms with Gasteiger partial charge in [0.2, 0.25) is 11.6 Å². The van der Waals surface area contributed by atoms with Crippen molar-refractivity contribution in [2.45, 2.75) is 18.5 Å². The lowest BCUT2D eigenvalue weighted by molar-refractivity contribution is -0.150. The molecule has 1 fully saturated rings. The van der Waals surface area contributed by atoms with Crippen LogP contribution in [0.3, 0.4) is 0 Å². The van der Waals surface area contributed by atoms with Crippen LogP contribution in [0, 0.1) is 0 Å². The van der Waals surface area contributed by atoms with E-state index in [2.05, 4.69) is 0 Å². The number of aliphatic carboxylic acids is 1. The zero-order valence-electron chi connectivity index (χ0n) is 10.4. The van der Waals surface area contributed by atoms with Crippen LogP contribution in [0.15, 0.2) is 18.2 Å². The fourth-order valence-corrected chi connectivity index (χ4v) is 2.58. The fourth-order valence-electron chi connectivity index (χ4n) is 2.10. The minimum atomic E-state index is -2.35. The molecule has 1 aliphatic rings. The second-order valence-corrected chi connectivity index (χ2v) is 5.59. The Morgan fingerprint density at radius 1 is 1.40 bits per heavy atom. The van der Waals surface area contributed by atoms with Crippen LogP contribution in [0.25, 0.3) is 0 Å². The highest BCUT2D eigenvalue weighted by molar-refractivity contribution is 6.35. The van der Waals surface area contributed by atoms with Gasteiger partial charge in [0.15, 0.2) is 0 Å². The zero-order chi connectivity index (χ0) is 14.9. The summed E-state index contributed by atoms with van der Waals surface area (Å²) in [4.78, 5) is 24.0. The predicted molar refractivity (Wildman–Crippen MR) is 72.8 cm³/mol. The van der Waals surface area contributed by atoms with E-state index in [-0.39, 0.29) is 25.3 Å². The summed E-state index contributed by atoms with van der Waals surface area (Å²) in [5.41, 5.74) is -1.77. The van der Waals surface area contributed by atoms with Crippen LogP contribution in [0.2, 0.25) is 10.0 Å². The Bertz CT molecular complexity index is 567. The van der Waals surface area contributed by atoms with Crippen LogP contribution in [-0.4, -0.2) is 40.6 Å². The average molecular weight is 320 g/mol. The van der Waals surface area contributed by atoms with E-state index in [9.17, 15) is 14.0 Å². The van der Waals surface area contributed by atoms with E-state index in [0.29, 0.717) is 15.6 Å². The van der Waals surface area contributed by atoms with Gasteiger partial charge in [0.1, 0.15) is 0 Å². The molecule has 1 saturated heterocycles. The molecule has 7 heteroatoms. The van der Waals surface area contributed by atoms with Gasteiger partial charge in [0, 0.05) is 23.0 Å². The molecule has 0 bridgehead atoms. The average Bonchev–Trinajstić information content (AvgIpc) is 2.77. The number of halogens is 3. The molecule has 1 aromatic carbocycles. The van der Waals surface area contributed by atoms with Crippen molar-refractivity contribution >= 4 is 35.1 Å². The lowest BCUT2D eigenvalue weighted by Gasteiger charge is -2.18. The third-order valence-corrected chi connectivity index (χ3v) is 3.90. The van der Waals surface area contributed by atoms with Gasteiger partial charge in [-0.2, -0.15) is 0 Å². The quantitative estimate of drug-likeness (QED) is 0.931. The molecule has 1 heterocycles. The molecule has 1 N–H and O–H groups in total. The summed E-state index contributed by atoms with van der Waals surface area (Å²) in [6, 6.07) is 4.75.